The topological polar surface area (TPSA) is 35.5 Å². The number of halogens is 1. The number of benzene rings is 2. The van der Waals surface area contributed by atoms with Gasteiger partial charge >= 0.3 is 0 Å². The van der Waals surface area contributed by atoms with Crippen LogP contribution in [0.4, 0.5) is 4.20 Å². The van der Waals surface area contributed by atoms with E-state index in [1.165, 1.54) is 38.5 Å². The Morgan fingerprint density at radius 1 is 0.789 bits per heavy atom. The first kappa shape index (κ1) is 13.6. The third-order valence-corrected chi connectivity index (χ3v) is 4.73. The lowest BCUT2D eigenvalue weighted by Crippen LogP contribution is -2.12. The van der Waals surface area contributed by atoms with E-state index >= 15 is 0 Å². The molecule has 0 saturated heterocycles. The second-order valence-electron chi connectivity index (χ2n) is 3.93. The van der Waals surface area contributed by atoms with E-state index in [4.69, 9.17) is 9.47 Å². The van der Waals surface area contributed by atoms with Crippen molar-refractivity contribution in [3.8, 4) is 11.5 Å². The molecule has 0 saturated carbocycles. The van der Waals surface area contributed by atoms with Gasteiger partial charge in [-0.05, 0) is 48.5 Å². The largest absolute Gasteiger partial charge is 0.497 e. The van der Waals surface area contributed by atoms with Crippen molar-refractivity contribution in [2.24, 2.45) is 0 Å². The molecule has 5 heteroatoms. The quantitative estimate of drug-likeness (QED) is 0.808. The Balaban J connectivity index is 2.36. The fourth-order valence-corrected chi connectivity index (χ4v) is 3.06. The fourth-order valence-electron chi connectivity index (χ4n) is 1.70. The smallest absolute Gasteiger partial charge is 0.300 e. The summed E-state index contributed by atoms with van der Waals surface area (Å²) in [6.07, 6.45) is 0. The Bertz CT molecular complexity index is 542. The summed E-state index contributed by atoms with van der Waals surface area (Å²) in [5.74, 6) is 1.19. The lowest BCUT2D eigenvalue weighted by molar-refractivity contribution is 0.415. The van der Waals surface area contributed by atoms with Crippen LogP contribution < -0.4 is 20.1 Å². The highest BCUT2D eigenvalue weighted by Crippen LogP contribution is 2.45. The van der Waals surface area contributed by atoms with Gasteiger partial charge in [-0.1, -0.05) is 0 Å². The first-order chi connectivity index (χ1) is 9.07. The van der Waals surface area contributed by atoms with Crippen molar-refractivity contribution < 1.29 is 18.2 Å². The van der Waals surface area contributed by atoms with E-state index in [0.717, 1.165) is 0 Å². The van der Waals surface area contributed by atoms with Crippen LogP contribution in [0.1, 0.15) is 0 Å². The molecule has 0 aliphatic heterocycles. The molecule has 0 heterocycles. The summed E-state index contributed by atoms with van der Waals surface area (Å²) in [5.41, 5.74) is 0. The van der Waals surface area contributed by atoms with Crippen molar-refractivity contribution in [3.05, 3.63) is 48.5 Å². The minimum atomic E-state index is -4.07. The molecular weight excluding hydrogens is 266 g/mol. The van der Waals surface area contributed by atoms with Crippen molar-refractivity contribution >= 4 is 18.1 Å². The third kappa shape index (κ3) is 2.79. The fraction of sp³-hybridized carbons (Fsp3) is 0.143. The third-order valence-electron chi connectivity index (χ3n) is 2.81. The lowest BCUT2D eigenvalue weighted by atomic mass is 10.3. The van der Waals surface area contributed by atoms with Gasteiger partial charge in [0.1, 0.15) is 11.5 Å². The number of methoxy groups -OCH3 is 2. The molecule has 0 amide bonds. The molecule has 0 radical (unpaired) electrons. The first-order valence-electron chi connectivity index (χ1n) is 5.67. The molecule has 2 rings (SSSR count). The highest BCUT2D eigenvalue weighted by atomic mass is 31.2. The van der Waals surface area contributed by atoms with E-state index in [1.54, 1.807) is 24.3 Å². The molecule has 0 bridgehead atoms. The SMILES string of the molecule is COc1ccc(P(=O)(F)c2ccc(OC)cc2)cc1. The highest BCUT2D eigenvalue weighted by molar-refractivity contribution is 7.74. The average Bonchev–Trinajstić information content (AvgIpc) is 2.47. The van der Waals surface area contributed by atoms with Gasteiger partial charge in [-0.25, -0.2) is 0 Å². The predicted molar refractivity (Wildman–Crippen MR) is 74.0 cm³/mol. The van der Waals surface area contributed by atoms with Crippen molar-refractivity contribution in [3.63, 3.8) is 0 Å². The number of ether oxygens (including phenoxy) is 2. The monoisotopic (exact) mass is 280 g/mol. The Kier molecular flexibility index (Phi) is 3.91. The van der Waals surface area contributed by atoms with Crippen LogP contribution in [0.15, 0.2) is 48.5 Å². The van der Waals surface area contributed by atoms with Crippen molar-refractivity contribution in [2.75, 3.05) is 14.2 Å². The molecule has 0 aromatic heterocycles. The van der Waals surface area contributed by atoms with E-state index in [1.807, 2.05) is 0 Å². The Morgan fingerprint density at radius 3 is 1.37 bits per heavy atom. The summed E-state index contributed by atoms with van der Waals surface area (Å²) in [6, 6.07) is 12.3. The molecule has 0 N–H and O–H groups in total. The second-order valence-corrected chi connectivity index (χ2v) is 6.03. The summed E-state index contributed by atoms with van der Waals surface area (Å²) < 4.78 is 36.7. The maximum absolute atomic E-state index is 14.5. The van der Waals surface area contributed by atoms with E-state index in [9.17, 15) is 8.76 Å². The van der Waals surface area contributed by atoms with E-state index in [2.05, 4.69) is 0 Å². The Labute approximate surface area is 111 Å². The highest BCUT2D eigenvalue weighted by Gasteiger charge is 2.26. The Hall–Kier alpha value is -1.80. The lowest BCUT2D eigenvalue weighted by Gasteiger charge is -2.11. The van der Waals surface area contributed by atoms with E-state index in [0.29, 0.717) is 11.5 Å². The zero-order chi connectivity index (χ0) is 13.9. The molecule has 0 aliphatic rings. The van der Waals surface area contributed by atoms with Gasteiger partial charge in [0, 0.05) is 10.6 Å². The molecule has 0 aliphatic carbocycles. The molecule has 19 heavy (non-hydrogen) atoms. The van der Waals surface area contributed by atoms with Crippen molar-refractivity contribution in [1.29, 1.82) is 0 Å². The number of rotatable bonds is 4. The zero-order valence-electron chi connectivity index (χ0n) is 10.7. The summed E-state index contributed by atoms with van der Waals surface area (Å²) in [6.45, 7) is 0. The normalized spacial score (nSPS) is 11.1. The molecule has 2 aromatic carbocycles. The van der Waals surface area contributed by atoms with Gasteiger partial charge < -0.3 is 9.47 Å². The molecule has 0 spiro atoms. The number of hydrogen-bond acceptors (Lipinski definition) is 3. The zero-order valence-corrected chi connectivity index (χ0v) is 11.6. The van der Waals surface area contributed by atoms with E-state index < -0.39 is 7.45 Å². The van der Waals surface area contributed by atoms with Crippen LogP contribution in [0.3, 0.4) is 0 Å². The maximum Gasteiger partial charge on any atom is 0.300 e. The number of hydrogen-bond donors (Lipinski definition) is 0. The minimum Gasteiger partial charge on any atom is -0.497 e. The van der Waals surface area contributed by atoms with Crippen LogP contribution in [-0.4, -0.2) is 14.2 Å². The molecule has 0 unspecified atom stereocenters. The van der Waals surface area contributed by atoms with Crippen LogP contribution in [0.2, 0.25) is 0 Å². The summed E-state index contributed by atoms with van der Waals surface area (Å²) >= 11 is 0. The van der Waals surface area contributed by atoms with Gasteiger partial charge in [0.15, 0.2) is 0 Å². The van der Waals surface area contributed by atoms with Crippen LogP contribution in [0.5, 0.6) is 11.5 Å². The molecule has 0 fully saturated rings. The summed E-state index contributed by atoms with van der Waals surface area (Å²) in [7, 11) is -1.03. The standard InChI is InChI=1S/C14H14FO3P/c1-17-11-3-7-13(8-4-11)19(15,16)14-9-5-12(18-2)6-10-14/h3-10H,1-2H3. The summed E-state index contributed by atoms with van der Waals surface area (Å²) in [4.78, 5) is 0. The van der Waals surface area contributed by atoms with Crippen LogP contribution in [0, 0.1) is 0 Å². The molecule has 100 valence electrons. The van der Waals surface area contributed by atoms with Crippen molar-refractivity contribution in [1.82, 2.24) is 0 Å². The average molecular weight is 280 g/mol. The predicted octanol–water partition coefficient (Wildman–Crippen LogP) is 2.90. The second kappa shape index (κ2) is 5.45. The van der Waals surface area contributed by atoms with Gasteiger partial charge in [-0.15, -0.1) is 0 Å². The maximum atomic E-state index is 14.5. The Morgan fingerprint density at radius 2 is 1.11 bits per heavy atom. The van der Waals surface area contributed by atoms with Gasteiger partial charge in [0.05, 0.1) is 14.2 Å². The van der Waals surface area contributed by atoms with Crippen LogP contribution >= 0.6 is 7.45 Å². The van der Waals surface area contributed by atoms with Crippen LogP contribution in [0.25, 0.3) is 0 Å². The molecular formula is C14H14FO3P. The van der Waals surface area contributed by atoms with Crippen molar-refractivity contribution in [2.45, 2.75) is 0 Å². The summed E-state index contributed by atoms with van der Waals surface area (Å²) in [5, 5.41) is 0.303. The van der Waals surface area contributed by atoms with Gasteiger partial charge in [0.25, 0.3) is 7.45 Å². The van der Waals surface area contributed by atoms with Crippen LogP contribution in [-0.2, 0) is 4.57 Å². The minimum absolute atomic E-state index is 0.151. The first-order valence-corrected chi connectivity index (χ1v) is 7.26. The van der Waals surface area contributed by atoms with Gasteiger partial charge in [-0.3, -0.25) is 4.57 Å². The molecule has 2 aromatic rings. The molecule has 0 atom stereocenters. The van der Waals surface area contributed by atoms with Gasteiger partial charge in [0.2, 0.25) is 0 Å². The molecule has 3 nitrogen and oxygen atoms in total. The van der Waals surface area contributed by atoms with Gasteiger partial charge in [-0.2, -0.15) is 4.20 Å². The van der Waals surface area contributed by atoms with E-state index in [-0.39, 0.29) is 10.6 Å².